The number of fused-ring (bicyclic) bond motifs is 1. The van der Waals surface area contributed by atoms with E-state index in [0.717, 1.165) is 42.5 Å². The second-order valence-electron chi connectivity index (χ2n) is 6.81. The molecule has 1 aromatic carbocycles. The molecule has 0 spiro atoms. The van der Waals surface area contributed by atoms with E-state index < -0.39 is 0 Å². The highest BCUT2D eigenvalue weighted by Gasteiger charge is 2.36. The molecule has 7 nitrogen and oxygen atoms in total. The third kappa shape index (κ3) is 2.92. The fraction of sp³-hybridized carbons (Fsp3) is 0.263. The Bertz CT molecular complexity index is 1070. The minimum absolute atomic E-state index is 0.118. The lowest BCUT2D eigenvalue weighted by Crippen LogP contribution is -3.15. The number of piperazine rings is 1. The molecule has 5 rings (SSSR count). The van der Waals surface area contributed by atoms with Crippen LogP contribution in [0.2, 0.25) is 0 Å². The Kier molecular flexibility index (Phi) is 4.25. The van der Waals surface area contributed by atoms with Crippen LogP contribution < -0.4 is 9.80 Å². The van der Waals surface area contributed by atoms with Gasteiger partial charge in [-0.2, -0.15) is 9.61 Å². The summed E-state index contributed by atoms with van der Waals surface area (Å²) >= 11 is 1.43. The summed E-state index contributed by atoms with van der Waals surface area (Å²) < 4.78 is 20.4. The number of aromatic nitrogens is 3. The van der Waals surface area contributed by atoms with Crippen molar-refractivity contribution in [3.05, 3.63) is 65.4 Å². The van der Waals surface area contributed by atoms with E-state index in [1.165, 1.54) is 39.2 Å². The van der Waals surface area contributed by atoms with Gasteiger partial charge in [0.1, 0.15) is 17.0 Å². The molecule has 1 fully saturated rings. The molecule has 0 radical (unpaired) electrons. The number of nitrogens with zero attached hydrogens (tertiary/aromatic N) is 4. The van der Waals surface area contributed by atoms with Crippen molar-refractivity contribution >= 4 is 22.0 Å². The van der Waals surface area contributed by atoms with E-state index in [-0.39, 0.29) is 17.7 Å². The zero-order valence-electron chi connectivity index (χ0n) is 15.0. The largest absolute Gasteiger partial charge is 0.492 e. The van der Waals surface area contributed by atoms with Gasteiger partial charge in [-0.05, 0) is 36.4 Å². The summed E-state index contributed by atoms with van der Waals surface area (Å²) in [5, 5.41) is 14.8. The Morgan fingerprint density at radius 3 is 2.64 bits per heavy atom. The van der Waals surface area contributed by atoms with Gasteiger partial charge in [0.25, 0.3) is 0 Å². The van der Waals surface area contributed by atoms with Crippen LogP contribution in [-0.2, 0) is 0 Å². The number of benzene rings is 1. The molecule has 4 aromatic rings. The maximum Gasteiger partial charge on any atom is 0.235 e. The smallest absolute Gasteiger partial charge is 0.235 e. The lowest BCUT2D eigenvalue weighted by atomic mass is 10.1. The first-order chi connectivity index (χ1) is 13.7. The molecule has 0 unspecified atom stereocenters. The van der Waals surface area contributed by atoms with Gasteiger partial charge < -0.3 is 19.3 Å². The monoisotopic (exact) mass is 400 g/mol. The number of thiazole rings is 1. The highest BCUT2D eigenvalue weighted by atomic mass is 32.1. The summed E-state index contributed by atoms with van der Waals surface area (Å²) in [7, 11) is 0. The van der Waals surface area contributed by atoms with E-state index in [2.05, 4.69) is 15.0 Å². The van der Waals surface area contributed by atoms with Gasteiger partial charge in [-0.25, -0.2) is 9.37 Å². The Morgan fingerprint density at radius 2 is 1.96 bits per heavy atom. The number of quaternary nitrogens is 1. The first-order valence-electron chi connectivity index (χ1n) is 9.10. The number of hydrogen-bond acceptors (Lipinski definition) is 6. The van der Waals surface area contributed by atoms with Crippen molar-refractivity contribution in [1.29, 1.82) is 0 Å². The molecule has 2 N–H and O–H groups in total. The third-order valence-electron chi connectivity index (χ3n) is 5.23. The average Bonchev–Trinajstić information content (AvgIpc) is 3.45. The van der Waals surface area contributed by atoms with Crippen LogP contribution in [0.4, 0.5) is 10.1 Å². The minimum atomic E-state index is -0.224. The molecule has 4 heterocycles. The van der Waals surface area contributed by atoms with Gasteiger partial charge in [0.15, 0.2) is 11.8 Å². The van der Waals surface area contributed by atoms with Gasteiger partial charge in [0, 0.05) is 5.69 Å². The number of anilines is 1. The lowest BCUT2D eigenvalue weighted by Gasteiger charge is -2.36. The fourth-order valence-corrected chi connectivity index (χ4v) is 4.94. The predicted octanol–water partition coefficient (Wildman–Crippen LogP) is 1.72. The summed E-state index contributed by atoms with van der Waals surface area (Å²) in [6.45, 7) is 3.38. The Balaban J connectivity index is 1.42. The first kappa shape index (κ1) is 17.2. The SMILES string of the molecule is Oc1c([C@H](c2ccco2)[NH+]2CCN(c3ccc(F)cc3)CC2)sc2ncnn12. The number of furan rings is 1. The van der Waals surface area contributed by atoms with Crippen molar-refractivity contribution in [3.8, 4) is 5.88 Å². The molecule has 28 heavy (non-hydrogen) atoms. The molecule has 0 amide bonds. The second-order valence-corrected chi connectivity index (χ2v) is 7.82. The number of rotatable bonds is 4. The van der Waals surface area contributed by atoms with Gasteiger partial charge in [-0.1, -0.05) is 11.3 Å². The van der Waals surface area contributed by atoms with Crippen molar-refractivity contribution in [2.45, 2.75) is 6.04 Å². The Morgan fingerprint density at radius 1 is 1.18 bits per heavy atom. The lowest BCUT2D eigenvalue weighted by molar-refractivity contribution is -0.926. The van der Waals surface area contributed by atoms with Crippen molar-refractivity contribution < 1.29 is 18.8 Å². The van der Waals surface area contributed by atoms with Crippen LogP contribution in [0.1, 0.15) is 16.7 Å². The number of aromatic hydroxyl groups is 1. The Hall–Kier alpha value is -2.91. The zero-order chi connectivity index (χ0) is 19.1. The van der Waals surface area contributed by atoms with Gasteiger partial charge in [0.05, 0.1) is 32.4 Å². The zero-order valence-corrected chi connectivity index (χ0v) is 15.8. The highest BCUT2D eigenvalue weighted by Crippen LogP contribution is 2.34. The van der Waals surface area contributed by atoms with Crippen LogP contribution in [0.15, 0.2) is 53.4 Å². The summed E-state index contributed by atoms with van der Waals surface area (Å²) in [6, 6.07) is 10.3. The summed E-state index contributed by atoms with van der Waals surface area (Å²) in [6.07, 6.45) is 3.09. The van der Waals surface area contributed by atoms with Crippen LogP contribution >= 0.6 is 11.3 Å². The topological polar surface area (TPSA) is 71.2 Å². The molecular formula is C19H19FN5O2S+. The molecule has 3 aromatic heterocycles. The average molecular weight is 400 g/mol. The molecule has 0 bridgehead atoms. The molecule has 1 aliphatic rings. The van der Waals surface area contributed by atoms with Crippen LogP contribution in [0.5, 0.6) is 5.88 Å². The summed E-state index contributed by atoms with van der Waals surface area (Å²) in [4.78, 5) is 9.22. The van der Waals surface area contributed by atoms with Gasteiger partial charge in [0.2, 0.25) is 10.8 Å². The quantitative estimate of drug-likeness (QED) is 0.546. The molecule has 1 saturated heterocycles. The van der Waals surface area contributed by atoms with E-state index in [1.807, 2.05) is 24.3 Å². The number of hydrogen-bond donors (Lipinski definition) is 2. The summed E-state index contributed by atoms with van der Waals surface area (Å²) in [5.41, 5.74) is 1.02. The van der Waals surface area contributed by atoms with Crippen molar-refractivity contribution in [1.82, 2.24) is 14.6 Å². The second kappa shape index (κ2) is 6.92. The van der Waals surface area contributed by atoms with Gasteiger partial charge >= 0.3 is 0 Å². The fourth-order valence-electron chi connectivity index (χ4n) is 3.85. The molecule has 0 aliphatic carbocycles. The molecule has 144 valence electrons. The standard InChI is InChI=1S/C19H18FN5O2S/c20-13-3-5-14(6-4-13)23-7-9-24(10-8-23)16(15-2-1-11-27-15)17-18(26)25-19(28-17)21-12-22-25/h1-6,11-12,16,26H,7-10H2/p+1/t16-/m0/s1. The number of nitrogens with one attached hydrogen (secondary N) is 1. The molecule has 1 aliphatic heterocycles. The minimum Gasteiger partial charge on any atom is -0.492 e. The first-order valence-corrected chi connectivity index (χ1v) is 9.92. The third-order valence-corrected chi connectivity index (χ3v) is 6.33. The van der Waals surface area contributed by atoms with Crippen molar-refractivity contribution in [3.63, 3.8) is 0 Å². The molecule has 1 atom stereocenters. The Labute approximate surface area is 164 Å². The normalized spacial score (nSPS) is 16.7. The van der Waals surface area contributed by atoms with Crippen molar-refractivity contribution in [2.75, 3.05) is 31.1 Å². The van der Waals surface area contributed by atoms with E-state index in [4.69, 9.17) is 4.42 Å². The van der Waals surface area contributed by atoms with Crippen LogP contribution in [-0.4, -0.2) is 45.9 Å². The molecule has 0 saturated carbocycles. The van der Waals surface area contributed by atoms with E-state index in [9.17, 15) is 9.50 Å². The molecular weight excluding hydrogens is 381 g/mol. The van der Waals surface area contributed by atoms with Gasteiger partial charge in [-0.3, -0.25) is 0 Å². The van der Waals surface area contributed by atoms with E-state index >= 15 is 0 Å². The summed E-state index contributed by atoms with van der Waals surface area (Å²) in [5.74, 6) is 0.704. The van der Waals surface area contributed by atoms with Gasteiger partial charge in [-0.15, -0.1) is 0 Å². The highest BCUT2D eigenvalue weighted by molar-refractivity contribution is 7.17. The van der Waals surface area contributed by atoms with E-state index in [1.54, 1.807) is 6.26 Å². The maximum absolute atomic E-state index is 13.2. The van der Waals surface area contributed by atoms with E-state index in [0.29, 0.717) is 4.96 Å². The van der Waals surface area contributed by atoms with Crippen LogP contribution in [0.25, 0.3) is 4.96 Å². The maximum atomic E-state index is 13.2. The van der Waals surface area contributed by atoms with Crippen LogP contribution in [0, 0.1) is 5.82 Å². The predicted molar refractivity (Wildman–Crippen MR) is 102 cm³/mol. The molecule has 9 heteroatoms. The van der Waals surface area contributed by atoms with Crippen LogP contribution in [0.3, 0.4) is 0 Å². The van der Waals surface area contributed by atoms with Crippen molar-refractivity contribution in [2.24, 2.45) is 0 Å². The number of halogens is 1.